The third-order valence-electron chi connectivity index (χ3n) is 4.52. The first kappa shape index (κ1) is 18.7. The van der Waals surface area contributed by atoms with Gasteiger partial charge in [-0.3, -0.25) is 4.79 Å². The summed E-state index contributed by atoms with van der Waals surface area (Å²) in [5.41, 5.74) is 6.27. The molecular weight excluding hydrogens is 394 g/mol. The van der Waals surface area contributed by atoms with E-state index in [2.05, 4.69) is 51.5 Å². The lowest BCUT2D eigenvalue weighted by Crippen LogP contribution is -2.15. The Morgan fingerprint density at radius 2 is 2.04 bits per heavy atom. The van der Waals surface area contributed by atoms with Crippen molar-refractivity contribution in [3.8, 4) is 0 Å². The van der Waals surface area contributed by atoms with Gasteiger partial charge < -0.3 is 10.3 Å². The first-order valence-electron chi connectivity index (χ1n) is 8.73. The Kier molecular flexibility index (Phi) is 4.95. The van der Waals surface area contributed by atoms with Crippen molar-refractivity contribution in [2.45, 2.75) is 25.9 Å². The van der Waals surface area contributed by atoms with Crippen molar-refractivity contribution in [3.05, 3.63) is 52.0 Å². The molecule has 28 heavy (non-hydrogen) atoms. The SMILES string of the molecule is Cc1cc(C)c2[nH]c3nc(SCC(=O)Nc4cccc(Cl)c4C)nnc3c2c1. The Morgan fingerprint density at radius 3 is 2.86 bits per heavy atom. The minimum Gasteiger partial charge on any atom is -0.337 e. The van der Waals surface area contributed by atoms with Crippen LogP contribution in [0, 0.1) is 20.8 Å². The topological polar surface area (TPSA) is 83.6 Å². The number of anilines is 1. The van der Waals surface area contributed by atoms with Crippen molar-refractivity contribution >= 4 is 57.0 Å². The summed E-state index contributed by atoms with van der Waals surface area (Å²) >= 11 is 7.33. The van der Waals surface area contributed by atoms with E-state index in [0.717, 1.165) is 27.5 Å². The van der Waals surface area contributed by atoms with Crippen molar-refractivity contribution in [1.29, 1.82) is 0 Å². The molecule has 0 radical (unpaired) electrons. The zero-order chi connectivity index (χ0) is 19.8. The van der Waals surface area contributed by atoms with Gasteiger partial charge in [0.25, 0.3) is 0 Å². The number of halogens is 1. The molecule has 0 atom stereocenters. The summed E-state index contributed by atoms with van der Waals surface area (Å²) < 4.78 is 0. The van der Waals surface area contributed by atoms with Crippen LogP contribution in [0.15, 0.2) is 35.5 Å². The molecule has 0 aliphatic carbocycles. The minimum atomic E-state index is -0.151. The van der Waals surface area contributed by atoms with Crippen molar-refractivity contribution in [3.63, 3.8) is 0 Å². The molecule has 2 N–H and O–H groups in total. The van der Waals surface area contributed by atoms with Crippen molar-refractivity contribution in [2.75, 3.05) is 11.1 Å². The van der Waals surface area contributed by atoms with Crippen LogP contribution in [-0.2, 0) is 4.79 Å². The lowest BCUT2D eigenvalue weighted by molar-refractivity contribution is -0.113. The molecule has 0 fully saturated rings. The number of nitrogens with zero attached hydrogens (tertiary/aromatic N) is 3. The Labute approximate surface area is 171 Å². The van der Waals surface area contributed by atoms with Gasteiger partial charge in [0.1, 0.15) is 5.52 Å². The van der Waals surface area contributed by atoms with E-state index in [1.807, 2.05) is 13.0 Å². The monoisotopic (exact) mass is 411 g/mol. The van der Waals surface area contributed by atoms with E-state index in [4.69, 9.17) is 11.6 Å². The average molecular weight is 412 g/mol. The van der Waals surface area contributed by atoms with E-state index < -0.39 is 0 Å². The molecule has 4 rings (SSSR count). The molecule has 8 heteroatoms. The smallest absolute Gasteiger partial charge is 0.234 e. The maximum Gasteiger partial charge on any atom is 0.234 e. The maximum atomic E-state index is 12.3. The van der Waals surface area contributed by atoms with Crippen LogP contribution >= 0.6 is 23.4 Å². The number of thioether (sulfide) groups is 1. The lowest BCUT2D eigenvalue weighted by Gasteiger charge is -2.08. The van der Waals surface area contributed by atoms with Crippen LogP contribution in [0.4, 0.5) is 5.69 Å². The first-order valence-corrected chi connectivity index (χ1v) is 10.1. The van der Waals surface area contributed by atoms with Gasteiger partial charge in [-0.1, -0.05) is 41.1 Å². The highest BCUT2D eigenvalue weighted by Crippen LogP contribution is 2.27. The van der Waals surface area contributed by atoms with E-state index in [9.17, 15) is 4.79 Å². The molecule has 0 aliphatic rings. The summed E-state index contributed by atoms with van der Waals surface area (Å²) in [6.07, 6.45) is 0. The molecule has 2 aromatic heterocycles. The fraction of sp³-hybridized carbons (Fsp3) is 0.200. The maximum absolute atomic E-state index is 12.3. The lowest BCUT2D eigenvalue weighted by atomic mass is 10.1. The highest BCUT2D eigenvalue weighted by atomic mass is 35.5. The van der Waals surface area contributed by atoms with Crippen LogP contribution in [0.25, 0.3) is 22.1 Å². The Balaban J connectivity index is 1.52. The van der Waals surface area contributed by atoms with E-state index in [1.165, 1.54) is 17.3 Å². The summed E-state index contributed by atoms with van der Waals surface area (Å²) in [6.45, 7) is 5.97. The van der Waals surface area contributed by atoms with Crippen LogP contribution in [-0.4, -0.2) is 31.8 Å². The van der Waals surface area contributed by atoms with Gasteiger partial charge >= 0.3 is 0 Å². The number of H-pyrrole nitrogens is 1. The molecule has 2 aromatic carbocycles. The van der Waals surface area contributed by atoms with Gasteiger partial charge in [0.2, 0.25) is 11.1 Å². The van der Waals surface area contributed by atoms with Crippen molar-refractivity contribution in [1.82, 2.24) is 20.2 Å². The summed E-state index contributed by atoms with van der Waals surface area (Å²) in [6, 6.07) is 9.61. The molecule has 142 valence electrons. The molecule has 0 bridgehead atoms. The fourth-order valence-corrected chi connectivity index (χ4v) is 3.90. The number of fused-ring (bicyclic) bond motifs is 3. The van der Waals surface area contributed by atoms with E-state index >= 15 is 0 Å². The summed E-state index contributed by atoms with van der Waals surface area (Å²) in [4.78, 5) is 20.1. The van der Waals surface area contributed by atoms with Gasteiger partial charge in [0.15, 0.2) is 5.65 Å². The van der Waals surface area contributed by atoms with Crippen LogP contribution < -0.4 is 5.32 Å². The predicted octanol–water partition coefficient (Wildman–Crippen LogP) is 4.82. The number of benzene rings is 2. The third-order valence-corrected chi connectivity index (χ3v) is 5.77. The molecule has 0 saturated heterocycles. The Hall–Kier alpha value is -2.64. The molecular formula is C20H18ClN5OS. The number of carbonyl (C=O) groups is 1. The minimum absolute atomic E-state index is 0.151. The quantitative estimate of drug-likeness (QED) is 0.470. The molecule has 1 amide bonds. The second kappa shape index (κ2) is 7.41. The van der Waals surface area contributed by atoms with E-state index in [0.29, 0.717) is 21.5 Å². The average Bonchev–Trinajstić information content (AvgIpc) is 3.02. The van der Waals surface area contributed by atoms with Gasteiger partial charge in [0.05, 0.1) is 11.3 Å². The number of aryl methyl sites for hydroxylation is 2. The van der Waals surface area contributed by atoms with E-state index in [1.54, 1.807) is 12.1 Å². The van der Waals surface area contributed by atoms with Crippen molar-refractivity contribution < 1.29 is 4.79 Å². The number of amides is 1. The molecule has 4 aromatic rings. The molecule has 2 heterocycles. The molecule has 0 saturated carbocycles. The highest BCUT2D eigenvalue weighted by molar-refractivity contribution is 7.99. The highest BCUT2D eigenvalue weighted by Gasteiger charge is 2.13. The zero-order valence-corrected chi connectivity index (χ0v) is 17.2. The van der Waals surface area contributed by atoms with Crippen LogP contribution in [0.1, 0.15) is 16.7 Å². The number of nitrogens with one attached hydrogen (secondary N) is 2. The summed E-state index contributed by atoms with van der Waals surface area (Å²) in [5, 5.41) is 13.5. The van der Waals surface area contributed by atoms with E-state index in [-0.39, 0.29) is 11.7 Å². The second-order valence-electron chi connectivity index (χ2n) is 6.67. The van der Waals surface area contributed by atoms with Gasteiger partial charge in [-0.15, -0.1) is 10.2 Å². The largest absolute Gasteiger partial charge is 0.337 e. The van der Waals surface area contributed by atoms with Crippen LogP contribution in [0.5, 0.6) is 0 Å². The van der Waals surface area contributed by atoms with Gasteiger partial charge in [-0.25, -0.2) is 4.98 Å². The fourth-order valence-electron chi connectivity index (χ4n) is 3.14. The molecule has 6 nitrogen and oxygen atoms in total. The van der Waals surface area contributed by atoms with Crippen LogP contribution in [0.3, 0.4) is 0 Å². The number of aromatic amines is 1. The number of hydrogen-bond acceptors (Lipinski definition) is 5. The number of hydrogen-bond donors (Lipinski definition) is 2. The number of aromatic nitrogens is 4. The summed E-state index contributed by atoms with van der Waals surface area (Å²) in [7, 11) is 0. The number of carbonyl (C=O) groups excluding carboxylic acids is 1. The normalized spacial score (nSPS) is 11.3. The molecule has 0 aliphatic heterocycles. The third kappa shape index (κ3) is 3.55. The molecule has 0 spiro atoms. The Morgan fingerprint density at radius 1 is 1.21 bits per heavy atom. The van der Waals surface area contributed by atoms with Crippen molar-refractivity contribution in [2.24, 2.45) is 0 Å². The van der Waals surface area contributed by atoms with Gasteiger partial charge in [-0.05, 0) is 50.1 Å². The number of rotatable bonds is 4. The zero-order valence-electron chi connectivity index (χ0n) is 15.6. The van der Waals surface area contributed by atoms with Gasteiger partial charge in [-0.2, -0.15) is 0 Å². The standard InChI is InChI=1S/C20H18ClN5OS/c1-10-7-11(2)17-13(8-10)18-19(23-17)24-20(26-25-18)28-9-16(27)22-15-6-4-5-14(21)12(15)3/h4-8H,9H2,1-3H3,(H,22,27)(H,23,24,26). The van der Waals surface area contributed by atoms with Crippen LogP contribution in [0.2, 0.25) is 5.02 Å². The predicted molar refractivity (Wildman–Crippen MR) is 114 cm³/mol. The second-order valence-corrected chi connectivity index (χ2v) is 8.02. The summed E-state index contributed by atoms with van der Waals surface area (Å²) in [5.74, 6) is 0.0273. The first-order chi connectivity index (χ1) is 13.4. The Bertz CT molecular complexity index is 1220. The van der Waals surface area contributed by atoms with Gasteiger partial charge in [0, 0.05) is 16.1 Å². The molecule has 0 unspecified atom stereocenters.